The van der Waals surface area contributed by atoms with E-state index in [9.17, 15) is 15.0 Å². The van der Waals surface area contributed by atoms with E-state index < -0.39 is 18.0 Å². The second-order valence-corrected chi connectivity index (χ2v) is 10.6. The number of hydrogen-bond donors (Lipinski definition) is 2. The van der Waals surface area contributed by atoms with Gasteiger partial charge in [0.15, 0.2) is 0 Å². The first-order chi connectivity index (χ1) is 16.9. The van der Waals surface area contributed by atoms with Gasteiger partial charge in [-0.25, -0.2) is 0 Å². The Morgan fingerprint density at radius 3 is 2.91 bits per heavy atom. The van der Waals surface area contributed by atoms with E-state index in [4.69, 9.17) is 4.74 Å². The maximum atomic E-state index is 12.1. The zero-order valence-electron chi connectivity index (χ0n) is 20.5. The number of aliphatic hydroxyl groups excluding tert-OH is 1. The summed E-state index contributed by atoms with van der Waals surface area (Å²) in [4.78, 5) is 20.0. The van der Waals surface area contributed by atoms with Crippen LogP contribution in [0, 0.1) is 11.8 Å². The molecule has 0 radical (unpaired) electrons. The van der Waals surface area contributed by atoms with Crippen LogP contribution in [0.15, 0.2) is 53.8 Å². The van der Waals surface area contributed by atoms with Gasteiger partial charge < -0.3 is 24.4 Å². The van der Waals surface area contributed by atoms with Gasteiger partial charge in [0, 0.05) is 42.5 Å². The molecule has 3 atom stereocenters. The van der Waals surface area contributed by atoms with E-state index in [1.54, 1.807) is 13.3 Å². The minimum Gasteiger partial charge on any atom is -0.497 e. The molecule has 3 heterocycles. The van der Waals surface area contributed by atoms with E-state index in [-0.39, 0.29) is 5.92 Å². The van der Waals surface area contributed by atoms with Crippen LogP contribution in [-0.2, 0) is 11.8 Å². The SMILES string of the molecule is COc1ccc2nccc(C(O)CC[C@@H]3CCN(CCCSc4ccn(C)c4)C[C@@H]3C(=O)O)c2c1. The summed E-state index contributed by atoms with van der Waals surface area (Å²) < 4.78 is 7.39. The molecule has 1 unspecified atom stereocenters. The van der Waals surface area contributed by atoms with Gasteiger partial charge in [-0.3, -0.25) is 9.78 Å². The zero-order chi connectivity index (χ0) is 24.8. The highest BCUT2D eigenvalue weighted by Crippen LogP contribution is 2.34. The predicted molar refractivity (Wildman–Crippen MR) is 139 cm³/mol. The number of carboxylic acids is 1. The summed E-state index contributed by atoms with van der Waals surface area (Å²) in [5.41, 5.74) is 1.62. The highest BCUT2D eigenvalue weighted by molar-refractivity contribution is 7.99. The van der Waals surface area contributed by atoms with Crippen molar-refractivity contribution in [2.24, 2.45) is 18.9 Å². The first-order valence-electron chi connectivity index (χ1n) is 12.2. The standard InChI is InChI=1S/C27H35N3O4S/c1-29-13-10-21(17-29)35-15-3-12-30-14-9-19(24(18-30)27(32)33)4-7-26(31)22-8-11-28-25-6-5-20(34-2)16-23(22)25/h5-6,8,10-11,13,16-17,19,24,26,31H,3-4,7,9,12,14-15,18H2,1-2H3,(H,32,33)/t19-,24+,26?/m1/s1. The van der Waals surface area contributed by atoms with Gasteiger partial charge in [-0.2, -0.15) is 0 Å². The van der Waals surface area contributed by atoms with Crippen molar-refractivity contribution in [1.82, 2.24) is 14.5 Å². The van der Waals surface area contributed by atoms with Gasteiger partial charge in [-0.05, 0) is 86.3 Å². The van der Waals surface area contributed by atoms with Gasteiger partial charge in [0.25, 0.3) is 0 Å². The third kappa shape index (κ3) is 6.57. The average molecular weight is 498 g/mol. The van der Waals surface area contributed by atoms with Gasteiger partial charge >= 0.3 is 5.97 Å². The molecule has 1 saturated heterocycles. The zero-order valence-corrected chi connectivity index (χ0v) is 21.3. The fraction of sp³-hybridized carbons (Fsp3) is 0.481. The van der Waals surface area contributed by atoms with E-state index in [1.807, 2.05) is 43.1 Å². The molecule has 7 nitrogen and oxygen atoms in total. The van der Waals surface area contributed by atoms with Crippen LogP contribution in [-0.4, -0.2) is 63.1 Å². The summed E-state index contributed by atoms with van der Waals surface area (Å²) in [5, 5.41) is 21.8. The Bertz CT molecular complexity index is 1130. The molecule has 2 aromatic heterocycles. The third-order valence-corrected chi connectivity index (χ3v) is 8.07. The van der Waals surface area contributed by atoms with Crippen LogP contribution < -0.4 is 4.74 Å². The molecule has 0 amide bonds. The summed E-state index contributed by atoms with van der Waals surface area (Å²) >= 11 is 1.85. The minimum atomic E-state index is -0.730. The lowest BCUT2D eigenvalue weighted by atomic mass is 9.81. The number of aromatic nitrogens is 2. The number of aryl methyl sites for hydroxylation is 1. The Hall–Kier alpha value is -2.55. The summed E-state index contributed by atoms with van der Waals surface area (Å²) in [5.74, 6) is 0.691. The molecule has 1 aliphatic rings. The van der Waals surface area contributed by atoms with E-state index in [2.05, 4.69) is 32.9 Å². The molecule has 188 valence electrons. The molecule has 0 spiro atoms. The quantitative estimate of drug-likeness (QED) is 0.296. The molecule has 8 heteroatoms. The number of carbonyl (C=O) groups is 1. The lowest BCUT2D eigenvalue weighted by Crippen LogP contribution is -2.44. The number of rotatable bonds is 11. The average Bonchev–Trinajstić information content (AvgIpc) is 3.29. The van der Waals surface area contributed by atoms with Crippen molar-refractivity contribution in [3.05, 3.63) is 54.5 Å². The molecule has 4 rings (SSSR count). The summed E-state index contributed by atoms with van der Waals surface area (Å²) in [6.07, 6.45) is 8.31. The number of thioether (sulfide) groups is 1. The fourth-order valence-corrected chi connectivity index (χ4v) is 5.94. The number of piperidine rings is 1. The molecule has 0 bridgehead atoms. The van der Waals surface area contributed by atoms with E-state index in [1.165, 1.54) is 4.90 Å². The van der Waals surface area contributed by atoms with Crippen LogP contribution in [0.4, 0.5) is 0 Å². The summed E-state index contributed by atoms with van der Waals surface area (Å²) in [7, 11) is 3.64. The number of aliphatic carboxylic acids is 1. The van der Waals surface area contributed by atoms with Crippen molar-refractivity contribution in [1.29, 1.82) is 0 Å². The smallest absolute Gasteiger partial charge is 0.308 e. The third-order valence-electron chi connectivity index (χ3n) is 7.00. The van der Waals surface area contributed by atoms with Gasteiger partial charge in [0.2, 0.25) is 0 Å². The van der Waals surface area contributed by atoms with Crippen molar-refractivity contribution in [3.8, 4) is 5.75 Å². The van der Waals surface area contributed by atoms with Gasteiger partial charge in [0.1, 0.15) is 5.75 Å². The normalized spacial score (nSPS) is 19.6. The molecule has 1 aromatic carbocycles. The van der Waals surface area contributed by atoms with Crippen molar-refractivity contribution in [2.45, 2.75) is 36.7 Å². The lowest BCUT2D eigenvalue weighted by Gasteiger charge is -2.37. The Kier molecular flexibility index (Phi) is 8.70. The number of aliphatic hydroxyl groups is 1. The van der Waals surface area contributed by atoms with Crippen molar-refractivity contribution in [3.63, 3.8) is 0 Å². The fourth-order valence-electron chi connectivity index (χ4n) is 5.03. The number of hydrogen-bond acceptors (Lipinski definition) is 6. The van der Waals surface area contributed by atoms with E-state index >= 15 is 0 Å². The van der Waals surface area contributed by atoms with E-state index in [0.29, 0.717) is 19.4 Å². The van der Waals surface area contributed by atoms with Gasteiger partial charge in [0.05, 0.1) is 24.6 Å². The number of fused-ring (bicyclic) bond motifs is 1. The van der Waals surface area contributed by atoms with Crippen LogP contribution >= 0.6 is 11.8 Å². The summed E-state index contributed by atoms with van der Waals surface area (Å²) in [6.45, 7) is 2.42. The Morgan fingerprint density at radius 1 is 1.31 bits per heavy atom. The number of methoxy groups -OCH3 is 1. The number of pyridine rings is 1. The summed E-state index contributed by atoms with van der Waals surface area (Å²) in [6, 6.07) is 9.61. The number of benzene rings is 1. The number of carboxylic acid groups (broad SMARTS) is 1. The maximum absolute atomic E-state index is 12.1. The van der Waals surface area contributed by atoms with Crippen molar-refractivity contribution in [2.75, 3.05) is 32.5 Å². The molecule has 0 aliphatic carbocycles. The van der Waals surface area contributed by atoms with Crippen molar-refractivity contribution >= 4 is 28.6 Å². The Morgan fingerprint density at radius 2 is 2.17 bits per heavy atom. The van der Waals surface area contributed by atoms with Crippen LogP contribution in [0.2, 0.25) is 0 Å². The molecular formula is C27H35N3O4S. The topological polar surface area (TPSA) is 87.8 Å². The van der Waals surface area contributed by atoms with Crippen LogP contribution in [0.5, 0.6) is 5.75 Å². The molecule has 3 aromatic rings. The highest BCUT2D eigenvalue weighted by Gasteiger charge is 2.34. The monoisotopic (exact) mass is 497 g/mol. The molecule has 2 N–H and O–H groups in total. The largest absolute Gasteiger partial charge is 0.497 e. The second kappa shape index (κ2) is 11.9. The Labute approximate surface area is 211 Å². The van der Waals surface area contributed by atoms with Gasteiger partial charge in [-0.1, -0.05) is 0 Å². The first-order valence-corrected chi connectivity index (χ1v) is 13.2. The molecule has 0 saturated carbocycles. The number of nitrogens with zero attached hydrogens (tertiary/aromatic N) is 3. The van der Waals surface area contributed by atoms with Crippen LogP contribution in [0.3, 0.4) is 0 Å². The Balaban J connectivity index is 1.30. The molecule has 1 aliphatic heterocycles. The second-order valence-electron chi connectivity index (χ2n) is 9.39. The predicted octanol–water partition coefficient (Wildman–Crippen LogP) is 4.60. The highest BCUT2D eigenvalue weighted by atomic mass is 32.2. The first kappa shape index (κ1) is 25.5. The number of ether oxygens (including phenoxy) is 1. The van der Waals surface area contributed by atoms with Gasteiger partial charge in [-0.15, -0.1) is 11.8 Å². The molecular weight excluding hydrogens is 462 g/mol. The van der Waals surface area contributed by atoms with E-state index in [0.717, 1.165) is 53.9 Å². The van der Waals surface area contributed by atoms with Crippen LogP contribution in [0.25, 0.3) is 10.9 Å². The minimum absolute atomic E-state index is 0.0692. The van der Waals surface area contributed by atoms with Crippen molar-refractivity contribution < 1.29 is 19.7 Å². The van der Waals surface area contributed by atoms with Crippen LogP contribution in [0.1, 0.15) is 37.4 Å². The maximum Gasteiger partial charge on any atom is 0.308 e. The molecule has 35 heavy (non-hydrogen) atoms. The number of likely N-dealkylation sites (tertiary alicyclic amines) is 1. The molecule has 1 fully saturated rings. The lowest BCUT2D eigenvalue weighted by molar-refractivity contribution is -0.146.